The van der Waals surface area contributed by atoms with Crippen LogP contribution in [0.15, 0.2) is 24.3 Å². The van der Waals surface area contributed by atoms with E-state index >= 15 is 0 Å². The molecular formula is C17H24N2O3. The number of hydrogen-bond donors (Lipinski definition) is 1. The van der Waals surface area contributed by atoms with Gasteiger partial charge in [-0.25, -0.2) is 0 Å². The van der Waals surface area contributed by atoms with Gasteiger partial charge in [-0.1, -0.05) is 38.3 Å². The van der Waals surface area contributed by atoms with Crippen molar-refractivity contribution in [2.75, 3.05) is 18.0 Å². The molecule has 1 aliphatic heterocycles. The molecule has 0 saturated heterocycles. The van der Waals surface area contributed by atoms with Crippen LogP contribution in [0.3, 0.4) is 0 Å². The largest absolute Gasteiger partial charge is 0.479 e. The zero-order chi connectivity index (χ0) is 15.9. The van der Waals surface area contributed by atoms with E-state index in [1.165, 1.54) is 17.7 Å². The third-order valence-electron chi connectivity index (χ3n) is 3.73. The van der Waals surface area contributed by atoms with Crippen LogP contribution in [-0.2, 0) is 9.59 Å². The highest BCUT2D eigenvalue weighted by Gasteiger charge is 2.32. The van der Waals surface area contributed by atoms with E-state index in [1.54, 1.807) is 13.0 Å². The predicted molar refractivity (Wildman–Crippen MR) is 86.0 cm³/mol. The molecule has 0 radical (unpaired) electrons. The number of nitrogens with one attached hydrogen (secondary N) is 1. The highest BCUT2D eigenvalue weighted by atomic mass is 16.5. The number of para-hydroxylation sites is 2. The smallest absolute Gasteiger partial charge is 0.268 e. The number of carbonyl (C=O) groups is 2. The third-order valence-corrected chi connectivity index (χ3v) is 3.73. The van der Waals surface area contributed by atoms with Crippen LogP contribution in [0.25, 0.3) is 0 Å². The first-order valence-corrected chi connectivity index (χ1v) is 7.97. The van der Waals surface area contributed by atoms with Crippen LogP contribution in [0.5, 0.6) is 5.75 Å². The highest BCUT2D eigenvalue weighted by Crippen LogP contribution is 2.33. The van der Waals surface area contributed by atoms with Gasteiger partial charge in [-0.2, -0.15) is 0 Å². The second-order valence-corrected chi connectivity index (χ2v) is 5.56. The molecule has 0 aliphatic carbocycles. The van der Waals surface area contributed by atoms with E-state index in [0.717, 1.165) is 12.8 Å². The zero-order valence-corrected chi connectivity index (χ0v) is 13.3. The van der Waals surface area contributed by atoms with Gasteiger partial charge in [0.25, 0.3) is 5.91 Å². The SMILES string of the molecule is CCCCCCNC(=O)CN1C(=O)C(C)Oc2ccccc21. The van der Waals surface area contributed by atoms with E-state index in [1.807, 2.05) is 18.2 Å². The number of fused-ring (bicyclic) bond motifs is 1. The molecule has 5 nitrogen and oxygen atoms in total. The quantitative estimate of drug-likeness (QED) is 0.787. The molecule has 22 heavy (non-hydrogen) atoms. The normalized spacial score (nSPS) is 16.9. The lowest BCUT2D eigenvalue weighted by Gasteiger charge is -2.32. The fourth-order valence-corrected chi connectivity index (χ4v) is 2.50. The maximum Gasteiger partial charge on any atom is 0.268 e. The van der Waals surface area contributed by atoms with Gasteiger partial charge in [0.2, 0.25) is 5.91 Å². The first-order valence-electron chi connectivity index (χ1n) is 7.97. The Hall–Kier alpha value is -2.04. The molecule has 1 N–H and O–H groups in total. The van der Waals surface area contributed by atoms with Crippen molar-refractivity contribution in [3.05, 3.63) is 24.3 Å². The minimum atomic E-state index is -0.563. The number of amides is 2. The Morgan fingerprint density at radius 1 is 1.27 bits per heavy atom. The molecular weight excluding hydrogens is 280 g/mol. The van der Waals surface area contributed by atoms with Gasteiger partial charge in [0, 0.05) is 6.54 Å². The fourth-order valence-electron chi connectivity index (χ4n) is 2.50. The van der Waals surface area contributed by atoms with E-state index < -0.39 is 6.10 Å². The lowest BCUT2D eigenvalue weighted by atomic mass is 10.2. The van der Waals surface area contributed by atoms with Crippen molar-refractivity contribution < 1.29 is 14.3 Å². The van der Waals surface area contributed by atoms with Crippen LogP contribution < -0.4 is 15.0 Å². The number of ether oxygens (including phenoxy) is 1. The summed E-state index contributed by atoms with van der Waals surface area (Å²) in [6, 6.07) is 7.30. The summed E-state index contributed by atoms with van der Waals surface area (Å²) in [7, 11) is 0. The molecule has 5 heteroatoms. The first-order chi connectivity index (χ1) is 10.6. The Bertz CT molecular complexity index is 530. The van der Waals surface area contributed by atoms with Gasteiger partial charge in [-0.05, 0) is 25.5 Å². The van der Waals surface area contributed by atoms with Gasteiger partial charge in [-0.3, -0.25) is 14.5 Å². The average molecular weight is 304 g/mol. The second-order valence-electron chi connectivity index (χ2n) is 5.56. The topological polar surface area (TPSA) is 58.6 Å². The number of carbonyl (C=O) groups excluding carboxylic acids is 2. The Morgan fingerprint density at radius 3 is 2.82 bits per heavy atom. The molecule has 1 aromatic rings. The summed E-state index contributed by atoms with van der Waals surface area (Å²) in [4.78, 5) is 25.8. The summed E-state index contributed by atoms with van der Waals surface area (Å²) in [5, 5.41) is 2.88. The van der Waals surface area contributed by atoms with Crippen LogP contribution in [0.2, 0.25) is 0 Å². The summed E-state index contributed by atoms with van der Waals surface area (Å²) in [6.45, 7) is 4.56. The first kappa shape index (κ1) is 16.3. The number of anilines is 1. The molecule has 1 unspecified atom stereocenters. The molecule has 2 rings (SSSR count). The lowest BCUT2D eigenvalue weighted by molar-refractivity contribution is -0.128. The Labute approximate surface area is 131 Å². The predicted octanol–water partition coefficient (Wildman–Crippen LogP) is 2.50. The van der Waals surface area contributed by atoms with Crippen LogP contribution in [-0.4, -0.2) is 31.0 Å². The van der Waals surface area contributed by atoms with Crippen molar-refractivity contribution in [2.24, 2.45) is 0 Å². The van der Waals surface area contributed by atoms with Crippen LogP contribution in [0, 0.1) is 0 Å². The van der Waals surface area contributed by atoms with E-state index in [-0.39, 0.29) is 18.4 Å². The van der Waals surface area contributed by atoms with Gasteiger partial charge < -0.3 is 10.1 Å². The molecule has 1 aromatic carbocycles. The summed E-state index contributed by atoms with van der Waals surface area (Å²) < 4.78 is 5.56. The van der Waals surface area contributed by atoms with Gasteiger partial charge in [-0.15, -0.1) is 0 Å². The summed E-state index contributed by atoms with van der Waals surface area (Å²) in [5.74, 6) is 0.332. The molecule has 120 valence electrons. The minimum absolute atomic E-state index is 0.0390. The van der Waals surface area contributed by atoms with Crippen molar-refractivity contribution in [1.29, 1.82) is 0 Å². The molecule has 0 saturated carbocycles. The molecule has 1 aliphatic rings. The van der Waals surface area contributed by atoms with Gasteiger partial charge >= 0.3 is 0 Å². The maximum absolute atomic E-state index is 12.3. The number of hydrogen-bond acceptors (Lipinski definition) is 3. The number of unbranched alkanes of at least 4 members (excludes halogenated alkanes) is 3. The van der Waals surface area contributed by atoms with Crippen LogP contribution in [0.1, 0.15) is 39.5 Å². The van der Waals surface area contributed by atoms with Crippen molar-refractivity contribution >= 4 is 17.5 Å². The van der Waals surface area contributed by atoms with Crippen LogP contribution >= 0.6 is 0 Å². The van der Waals surface area contributed by atoms with E-state index in [0.29, 0.717) is 18.0 Å². The second kappa shape index (κ2) is 7.82. The van der Waals surface area contributed by atoms with Crippen molar-refractivity contribution in [3.8, 4) is 5.75 Å². The maximum atomic E-state index is 12.3. The monoisotopic (exact) mass is 304 g/mol. The van der Waals surface area contributed by atoms with Crippen molar-refractivity contribution in [3.63, 3.8) is 0 Å². The Morgan fingerprint density at radius 2 is 2.05 bits per heavy atom. The molecule has 1 heterocycles. The third kappa shape index (κ3) is 4.00. The van der Waals surface area contributed by atoms with E-state index in [9.17, 15) is 9.59 Å². The fraction of sp³-hybridized carbons (Fsp3) is 0.529. The number of rotatable bonds is 7. The lowest BCUT2D eigenvalue weighted by Crippen LogP contribution is -2.48. The molecule has 0 aromatic heterocycles. The average Bonchev–Trinajstić information content (AvgIpc) is 2.51. The molecule has 0 fully saturated rings. The van der Waals surface area contributed by atoms with E-state index in [4.69, 9.17) is 4.74 Å². The van der Waals surface area contributed by atoms with Gasteiger partial charge in [0.05, 0.1) is 5.69 Å². The standard InChI is InChI=1S/C17H24N2O3/c1-3-4-5-8-11-18-16(20)12-19-14-9-6-7-10-15(14)22-13(2)17(19)21/h6-7,9-10,13H,3-5,8,11-12H2,1-2H3,(H,18,20). The van der Waals surface area contributed by atoms with Crippen molar-refractivity contribution in [2.45, 2.75) is 45.6 Å². The molecule has 2 amide bonds. The van der Waals surface area contributed by atoms with Gasteiger partial charge in [0.1, 0.15) is 12.3 Å². The van der Waals surface area contributed by atoms with E-state index in [2.05, 4.69) is 12.2 Å². The molecule has 0 bridgehead atoms. The number of nitrogens with zero attached hydrogens (tertiary/aromatic N) is 1. The van der Waals surface area contributed by atoms with Crippen molar-refractivity contribution in [1.82, 2.24) is 5.32 Å². The molecule has 0 spiro atoms. The summed E-state index contributed by atoms with van der Waals surface area (Å²) in [6.07, 6.45) is 3.89. The summed E-state index contributed by atoms with van der Waals surface area (Å²) in [5.41, 5.74) is 0.659. The highest BCUT2D eigenvalue weighted by molar-refractivity contribution is 6.03. The number of benzene rings is 1. The zero-order valence-electron chi connectivity index (χ0n) is 13.3. The Kier molecular flexibility index (Phi) is 5.81. The van der Waals surface area contributed by atoms with Crippen LogP contribution in [0.4, 0.5) is 5.69 Å². The van der Waals surface area contributed by atoms with Gasteiger partial charge in [0.15, 0.2) is 6.10 Å². The summed E-state index contributed by atoms with van der Waals surface area (Å²) >= 11 is 0. The molecule has 1 atom stereocenters. The Balaban J connectivity index is 1.93. The minimum Gasteiger partial charge on any atom is -0.479 e.